The van der Waals surface area contributed by atoms with Crippen LogP contribution in [-0.4, -0.2) is 75.8 Å². The molecule has 2 aromatic rings. The highest BCUT2D eigenvalue weighted by Gasteiger charge is 2.33. The first-order valence-corrected chi connectivity index (χ1v) is 13.9. The van der Waals surface area contributed by atoms with Crippen molar-refractivity contribution in [1.82, 2.24) is 15.1 Å². The molecule has 2 aliphatic heterocycles. The molecule has 1 N–H and O–H groups in total. The maximum Gasteiger partial charge on any atom is 0.416 e. The molecule has 0 unspecified atom stereocenters. The monoisotopic (exact) mass is 563 g/mol. The smallest absolute Gasteiger partial charge is 0.416 e. The van der Waals surface area contributed by atoms with E-state index in [9.17, 15) is 18.0 Å². The molecule has 10 heteroatoms. The van der Waals surface area contributed by atoms with E-state index in [1.54, 1.807) is 14.2 Å². The van der Waals surface area contributed by atoms with Crippen molar-refractivity contribution in [1.29, 1.82) is 0 Å². The SMILES string of the molecule is COc1ccc(CN2C[C@@H](COc3cccc(C(F)(F)F)c3)C[C@@H](C(=O)NCC[C@@H]3CCCN3C)C2)cc1OC. The molecule has 0 saturated carbocycles. The lowest BCUT2D eigenvalue weighted by molar-refractivity contribution is -0.137. The van der Waals surface area contributed by atoms with Crippen molar-refractivity contribution in [2.75, 3.05) is 54.1 Å². The fraction of sp³-hybridized carbons (Fsp3) is 0.567. The second-order valence-electron chi connectivity index (χ2n) is 10.9. The summed E-state index contributed by atoms with van der Waals surface area (Å²) >= 11 is 0. The molecule has 2 heterocycles. The summed E-state index contributed by atoms with van der Waals surface area (Å²) in [6.45, 7) is 3.79. The lowest BCUT2D eigenvalue weighted by atomic mass is 9.88. The van der Waals surface area contributed by atoms with Gasteiger partial charge in [-0.1, -0.05) is 12.1 Å². The Morgan fingerprint density at radius 3 is 2.58 bits per heavy atom. The van der Waals surface area contributed by atoms with E-state index in [1.165, 1.54) is 18.6 Å². The van der Waals surface area contributed by atoms with Gasteiger partial charge in [0.1, 0.15) is 5.75 Å². The van der Waals surface area contributed by atoms with E-state index in [2.05, 4.69) is 22.2 Å². The molecule has 2 fully saturated rings. The first kappa shape index (κ1) is 30.0. The van der Waals surface area contributed by atoms with Crippen LogP contribution >= 0.6 is 0 Å². The van der Waals surface area contributed by atoms with Gasteiger partial charge in [0, 0.05) is 38.1 Å². The highest BCUT2D eigenvalue weighted by Crippen LogP contribution is 2.33. The van der Waals surface area contributed by atoms with Crippen LogP contribution in [0.3, 0.4) is 0 Å². The van der Waals surface area contributed by atoms with Crippen LogP contribution in [0.5, 0.6) is 17.2 Å². The summed E-state index contributed by atoms with van der Waals surface area (Å²) in [5.74, 6) is 1.19. The summed E-state index contributed by atoms with van der Waals surface area (Å²) in [6, 6.07) is 11.2. The average molecular weight is 564 g/mol. The average Bonchev–Trinajstić information content (AvgIpc) is 3.35. The first-order valence-electron chi connectivity index (χ1n) is 13.9. The van der Waals surface area contributed by atoms with Crippen LogP contribution in [-0.2, 0) is 17.5 Å². The second kappa shape index (κ2) is 13.6. The van der Waals surface area contributed by atoms with E-state index in [4.69, 9.17) is 14.2 Å². The first-order chi connectivity index (χ1) is 19.2. The molecule has 2 saturated heterocycles. The molecule has 220 valence electrons. The molecule has 1 amide bonds. The van der Waals surface area contributed by atoms with Crippen molar-refractivity contribution >= 4 is 5.91 Å². The van der Waals surface area contributed by atoms with Crippen molar-refractivity contribution in [3.63, 3.8) is 0 Å². The van der Waals surface area contributed by atoms with E-state index in [1.807, 2.05) is 18.2 Å². The normalized spacial score (nSPS) is 22.2. The van der Waals surface area contributed by atoms with Crippen LogP contribution in [0.2, 0.25) is 0 Å². The number of carbonyl (C=O) groups excluding carboxylic acids is 1. The Balaban J connectivity index is 1.42. The van der Waals surface area contributed by atoms with Gasteiger partial charge in [-0.3, -0.25) is 9.69 Å². The van der Waals surface area contributed by atoms with Crippen LogP contribution in [0.1, 0.15) is 36.8 Å². The van der Waals surface area contributed by atoms with Gasteiger partial charge >= 0.3 is 6.18 Å². The number of rotatable bonds is 11. The highest BCUT2D eigenvalue weighted by atomic mass is 19.4. The van der Waals surface area contributed by atoms with Gasteiger partial charge < -0.3 is 24.4 Å². The van der Waals surface area contributed by atoms with Gasteiger partial charge in [0.05, 0.1) is 32.3 Å². The maximum atomic E-state index is 13.3. The zero-order valence-electron chi connectivity index (χ0n) is 23.5. The van der Waals surface area contributed by atoms with Crippen LogP contribution in [0.4, 0.5) is 13.2 Å². The molecule has 40 heavy (non-hydrogen) atoms. The molecule has 3 atom stereocenters. The number of likely N-dealkylation sites (tertiary alicyclic amines) is 2. The number of amides is 1. The van der Waals surface area contributed by atoms with Gasteiger partial charge in [-0.25, -0.2) is 0 Å². The minimum atomic E-state index is -4.43. The van der Waals surface area contributed by atoms with Gasteiger partial charge in [-0.2, -0.15) is 13.2 Å². The lowest BCUT2D eigenvalue weighted by Gasteiger charge is -2.37. The third kappa shape index (κ3) is 8.04. The summed E-state index contributed by atoms with van der Waals surface area (Å²) < 4.78 is 56.1. The number of hydrogen-bond acceptors (Lipinski definition) is 6. The Kier molecular flexibility index (Phi) is 10.2. The van der Waals surface area contributed by atoms with Crippen LogP contribution in [0.15, 0.2) is 42.5 Å². The number of hydrogen-bond donors (Lipinski definition) is 1. The van der Waals surface area contributed by atoms with Gasteiger partial charge in [0.2, 0.25) is 5.91 Å². The Morgan fingerprint density at radius 2 is 1.88 bits per heavy atom. The van der Waals surface area contributed by atoms with E-state index in [0.717, 1.165) is 37.1 Å². The molecule has 4 rings (SSSR count). The molecule has 0 bridgehead atoms. The minimum Gasteiger partial charge on any atom is -0.493 e. The Bertz CT molecular complexity index is 1130. The number of halogens is 3. The zero-order valence-corrected chi connectivity index (χ0v) is 23.5. The standard InChI is InChI=1S/C30H40F3N3O4/c1-35-13-5-7-25(35)11-12-34-29(37)23-14-22(20-40-26-8-4-6-24(16-26)30(31,32)33)18-36(19-23)17-21-9-10-27(38-2)28(15-21)39-3/h4,6,8-10,15-16,22-23,25H,5,7,11-14,17-20H2,1-3H3,(H,34,37)/t22-,23+,25-/m0/s1. The summed E-state index contributed by atoms with van der Waals surface area (Å²) in [5.41, 5.74) is 0.273. The molecule has 0 spiro atoms. The molecule has 0 radical (unpaired) electrons. The summed E-state index contributed by atoms with van der Waals surface area (Å²) in [6.07, 6.45) is -0.555. The zero-order chi connectivity index (χ0) is 28.7. The number of carbonyl (C=O) groups is 1. The van der Waals surface area contributed by atoms with Gasteiger partial charge in [-0.15, -0.1) is 0 Å². The Morgan fingerprint density at radius 1 is 1.07 bits per heavy atom. The van der Waals surface area contributed by atoms with E-state index < -0.39 is 11.7 Å². The summed E-state index contributed by atoms with van der Waals surface area (Å²) in [4.78, 5) is 17.8. The van der Waals surface area contributed by atoms with Gasteiger partial charge in [-0.05, 0) is 75.2 Å². The molecule has 7 nitrogen and oxygen atoms in total. The third-order valence-corrected chi connectivity index (χ3v) is 7.93. The molecular formula is C30H40F3N3O4. The van der Waals surface area contributed by atoms with E-state index in [-0.39, 0.29) is 30.1 Å². The Hall–Kier alpha value is -2.98. The number of piperidine rings is 1. The van der Waals surface area contributed by atoms with Crippen molar-refractivity contribution in [3.8, 4) is 17.2 Å². The quantitative estimate of drug-likeness (QED) is 0.422. The maximum absolute atomic E-state index is 13.3. The van der Waals surface area contributed by atoms with Crippen LogP contribution < -0.4 is 19.5 Å². The van der Waals surface area contributed by atoms with Gasteiger partial charge in [0.15, 0.2) is 11.5 Å². The number of ether oxygens (including phenoxy) is 3. The van der Waals surface area contributed by atoms with Crippen molar-refractivity contribution in [2.24, 2.45) is 11.8 Å². The number of nitrogens with zero attached hydrogens (tertiary/aromatic N) is 2. The molecule has 2 aliphatic rings. The second-order valence-corrected chi connectivity index (χ2v) is 10.9. The van der Waals surface area contributed by atoms with E-state index >= 15 is 0 Å². The van der Waals surface area contributed by atoms with Crippen molar-refractivity contribution in [2.45, 2.75) is 44.4 Å². The fourth-order valence-electron chi connectivity index (χ4n) is 5.81. The van der Waals surface area contributed by atoms with Crippen LogP contribution in [0.25, 0.3) is 0 Å². The highest BCUT2D eigenvalue weighted by molar-refractivity contribution is 5.79. The number of benzene rings is 2. The predicted octanol–water partition coefficient (Wildman–Crippen LogP) is 4.84. The number of methoxy groups -OCH3 is 2. The fourth-order valence-corrected chi connectivity index (χ4v) is 5.81. The molecule has 2 aromatic carbocycles. The van der Waals surface area contributed by atoms with Gasteiger partial charge in [0.25, 0.3) is 0 Å². The van der Waals surface area contributed by atoms with E-state index in [0.29, 0.717) is 50.1 Å². The van der Waals surface area contributed by atoms with Crippen molar-refractivity contribution < 1.29 is 32.2 Å². The lowest BCUT2D eigenvalue weighted by Crippen LogP contribution is -2.47. The molecular weight excluding hydrogens is 523 g/mol. The number of nitrogens with one attached hydrogen (secondary N) is 1. The Labute approximate surface area is 234 Å². The largest absolute Gasteiger partial charge is 0.493 e. The van der Waals surface area contributed by atoms with Crippen molar-refractivity contribution in [3.05, 3.63) is 53.6 Å². The minimum absolute atomic E-state index is 0.0155. The molecule has 0 aliphatic carbocycles. The predicted molar refractivity (Wildman–Crippen MR) is 147 cm³/mol. The molecule has 0 aromatic heterocycles. The topological polar surface area (TPSA) is 63.3 Å². The van der Waals surface area contributed by atoms with Crippen LogP contribution in [0, 0.1) is 11.8 Å². The third-order valence-electron chi connectivity index (χ3n) is 7.93. The summed E-state index contributed by atoms with van der Waals surface area (Å²) in [5, 5.41) is 3.14. The number of alkyl halides is 3. The summed E-state index contributed by atoms with van der Waals surface area (Å²) in [7, 11) is 5.31.